The molecule has 1 aliphatic rings. The summed E-state index contributed by atoms with van der Waals surface area (Å²) in [7, 11) is 3.64. The molecule has 10 nitrogen and oxygen atoms in total. The van der Waals surface area contributed by atoms with Gasteiger partial charge in [0, 0.05) is 55.4 Å². The van der Waals surface area contributed by atoms with Crippen molar-refractivity contribution in [3.8, 4) is 17.0 Å². The van der Waals surface area contributed by atoms with E-state index in [0.29, 0.717) is 24.7 Å². The van der Waals surface area contributed by atoms with E-state index in [1.54, 1.807) is 24.0 Å². The van der Waals surface area contributed by atoms with E-state index in [4.69, 9.17) is 4.74 Å². The maximum atomic E-state index is 13.0. The number of aryl methyl sites for hydroxylation is 1. The fraction of sp³-hybridized carbons (Fsp3) is 0.304. The summed E-state index contributed by atoms with van der Waals surface area (Å²) in [5.41, 5.74) is 4.81. The highest BCUT2D eigenvalue weighted by molar-refractivity contribution is 5.92. The first-order chi connectivity index (χ1) is 16.0. The third kappa shape index (κ3) is 4.00. The molecule has 0 unspecified atom stereocenters. The molecule has 0 radical (unpaired) electrons. The van der Waals surface area contributed by atoms with Gasteiger partial charge in [0.15, 0.2) is 0 Å². The number of fused-ring (bicyclic) bond motifs is 1. The van der Waals surface area contributed by atoms with Crippen molar-refractivity contribution >= 4 is 11.4 Å². The Kier molecular flexibility index (Phi) is 5.43. The molecule has 0 spiro atoms. The SMILES string of the molecule is COc1ccc(-c2ccc3c([C@H]4CN(C(=O)c5cnc(C)cn5)CCN4C)nnn3c2)cn1. The second kappa shape index (κ2) is 8.55. The predicted molar refractivity (Wildman–Crippen MR) is 121 cm³/mol. The molecule has 0 N–H and O–H groups in total. The van der Waals surface area contributed by atoms with Gasteiger partial charge in [-0.25, -0.2) is 14.5 Å². The van der Waals surface area contributed by atoms with Crippen LogP contribution in [0.5, 0.6) is 5.88 Å². The fourth-order valence-corrected chi connectivity index (χ4v) is 4.01. The normalized spacial score (nSPS) is 16.8. The van der Waals surface area contributed by atoms with Gasteiger partial charge in [-0.1, -0.05) is 11.3 Å². The predicted octanol–water partition coefficient (Wildman–Crippen LogP) is 2.03. The molecule has 33 heavy (non-hydrogen) atoms. The zero-order chi connectivity index (χ0) is 22.9. The van der Waals surface area contributed by atoms with Crippen LogP contribution in [0, 0.1) is 6.92 Å². The van der Waals surface area contributed by atoms with E-state index in [9.17, 15) is 4.79 Å². The van der Waals surface area contributed by atoms with Crippen LogP contribution in [0.2, 0.25) is 0 Å². The molecule has 1 fully saturated rings. The first kappa shape index (κ1) is 21.0. The molecular formula is C23H24N8O2. The van der Waals surface area contributed by atoms with Crippen LogP contribution in [0.1, 0.15) is 27.9 Å². The molecule has 0 saturated carbocycles. The number of pyridine rings is 2. The third-order valence-electron chi connectivity index (χ3n) is 5.97. The van der Waals surface area contributed by atoms with Gasteiger partial charge in [-0.15, -0.1) is 5.10 Å². The van der Waals surface area contributed by atoms with Gasteiger partial charge < -0.3 is 9.64 Å². The van der Waals surface area contributed by atoms with Gasteiger partial charge in [-0.3, -0.25) is 14.7 Å². The van der Waals surface area contributed by atoms with Crippen LogP contribution in [0.3, 0.4) is 0 Å². The van der Waals surface area contributed by atoms with Crippen LogP contribution in [-0.4, -0.2) is 79.3 Å². The largest absolute Gasteiger partial charge is 0.481 e. The quantitative estimate of drug-likeness (QED) is 0.471. The number of hydrogen-bond acceptors (Lipinski definition) is 8. The number of aromatic nitrogens is 6. The molecule has 5 heterocycles. The Hall–Kier alpha value is -3.92. The summed E-state index contributed by atoms with van der Waals surface area (Å²) in [6, 6.07) is 7.74. The molecular weight excluding hydrogens is 420 g/mol. The van der Waals surface area contributed by atoms with Gasteiger partial charge in [0.25, 0.3) is 5.91 Å². The Morgan fingerprint density at radius 3 is 2.61 bits per heavy atom. The fourth-order valence-electron chi connectivity index (χ4n) is 4.01. The second-order valence-electron chi connectivity index (χ2n) is 8.10. The minimum Gasteiger partial charge on any atom is -0.481 e. The Labute approximate surface area is 190 Å². The standard InChI is InChI=1S/C23H24N8O2/c1-15-10-25-18(12-24-15)23(32)30-9-8-29(2)20(14-30)22-19-6-4-17(13-31(19)28-27-22)16-5-7-21(33-3)26-11-16/h4-7,10-13,20H,8-9,14H2,1-3H3/t20-/m1/s1. The van der Waals surface area contributed by atoms with Crippen LogP contribution in [-0.2, 0) is 0 Å². The summed E-state index contributed by atoms with van der Waals surface area (Å²) in [5.74, 6) is 0.449. The molecule has 0 bridgehead atoms. The highest BCUT2D eigenvalue weighted by atomic mass is 16.5. The Bertz CT molecular complexity index is 1290. The van der Waals surface area contributed by atoms with E-state index in [-0.39, 0.29) is 11.9 Å². The second-order valence-corrected chi connectivity index (χ2v) is 8.10. The molecule has 168 valence electrons. The van der Waals surface area contributed by atoms with Crippen LogP contribution in [0.25, 0.3) is 16.6 Å². The number of carbonyl (C=O) groups is 1. The average molecular weight is 444 g/mol. The molecule has 5 rings (SSSR count). The van der Waals surface area contributed by atoms with Gasteiger partial charge in [-0.05, 0) is 26.1 Å². The van der Waals surface area contributed by atoms with Crippen molar-refractivity contribution in [2.24, 2.45) is 0 Å². The molecule has 10 heteroatoms. The minimum absolute atomic E-state index is 0.0767. The number of methoxy groups -OCH3 is 1. The van der Waals surface area contributed by atoms with Gasteiger partial charge in [0.05, 0.1) is 30.6 Å². The molecule has 0 aliphatic carbocycles. The van der Waals surface area contributed by atoms with E-state index in [0.717, 1.165) is 34.6 Å². The lowest BCUT2D eigenvalue weighted by molar-refractivity contribution is 0.0536. The smallest absolute Gasteiger partial charge is 0.274 e. The first-order valence-electron chi connectivity index (χ1n) is 10.7. The molecule has 4 aromatic heterocycles. The van der Waals surface area contributed by atoms with Crippen molar-refractivity contribution in [2.75, 3.05) is 33.8 Å². The van der Waals surface area contributed by atoms with E-state index in [1.807, 2.05) is 49.3 Å². The summed E-state index contributed by atoms with van der Waals surface area (Å²) >= 11 is 0. The number of piperazine rings is 1. The number of amides is 1. The molecule has 1 atom stereocenters. The van der Waals surface area contributed by atoms with Crippen LogP contribution in [0.15, 0.2) is 49.1 Å². The molecule has 1 amide bonds. The molecule has 0 aromatic carbocycles. The van der Waals surface area contributed by atoms with Gasteiger partial charge in [0.1, 0.15) is 11.4 Å². The molecule has 4 aromatic rings. The highest BCUT2D eigenvalue weighted by Crippen LogP contribution is 2.28. The van der Waals surface area contributed by atoms with E-state index in [2.05, 4.69) is 30.2 Å². The maximum absolute atomic E-state index is 13.0. The van der Waals surface area contributed by atoms with Gasteiger partial charge in [-0.2, -0.15) is 0 Å². The monoisotopic (exact) mass is 444 g/mol. The number of nitrogens with zero attached hydrogens (tertiary/aromatic N) is 8. The van der Waals surface area contributed by atoms with Crippen molar-refractivity contribution in [1.82, 2.24) is 39.6 Å². The van der Waals surface area contributed by atoms with Crippen LogP contribution >= 0.6 is 0 Å². The number of likely N-dealkylation sites (N-methyl/N-ethyl adjacent to an activating group) is 1. The lowest BCUT2D eigenvalue weighted by atomic mass is 10.1. The first-order valence-corrected chi connectivity index (χ1v) is 10.7. The lowest BCUT2D eigenvalue weighted by Crippen LogP contribution is -2.49. The molecule has 1 saturated heterocycles. The van der Waals surface area contributed by atoms with E-state index < -0.39 is 0 Å². The van der Waals surface area contributed by atoms with Crippen molar-refractivity contribution in [2.45, 2.75) is 13.0 Å². The van der Waals surface area contributed by atoms with E-state index >= 15 is 0 Å². The average Bonchev–Trinajstić information content (AvgIpc) is 3.27. The summed E-state index contributed by atoms with van der Waals surface area (Å²) in [5, 5.41) is 8.83. The van der Waals surface area contributed by atoms with Gasteiger partial charge >= 0.3 is 0 Å². The van der Waals surface area contributed by atoms with E-state index in [1.165, 1.54) is 6.20 Å². The zero-order valence-corrected chi connectivity index (χ0v) is 18.7. The number of ether oxygens (including phenoxy) is 1. The van der Waals surface area contributed by atoms with Crippen molar-refractivity contribution in [3.63, 3.8) is 0 Å². The lowest BCUT2D eigenvalue weighted by Gasteiger charge is -2.38. The van der Waals surface area contributed by atoms with Gasteiger partial charge in [0.2, 0.25) is 5.88 Å². The van der Waals surface area contributed by atoms with Crippen molar-refractivity contribution < 1.29 is 9.53 Å². The Morgan fingerprint density at radius 2 is 1.88 bits per heavy atom. The maximum Gasteiger partial charge on any atom is 0.274 e. The number of rotatable bonds is 4. The topological polar surface area (TPSA) is 102 Å². The third-order valence-corrected chi connectivity index (χ3v) is 5.97. The highest BCUT2D eigenvalue weighted by Gasteiger charge is 2.32. The summed E-state index contributed by atoms with van der Waals surface area (Å²) < 4.78 is 6.91. The molecule has 1 aliphatic heterocycles. The zero-order valence-electron chi connectivity index (χ0n) is 18.7. The van der Waals surface area contributed by atoms with Crippen molar-refractivity contribution in [1.29, 1.82) is 0 Å². The summed E-state index contributed by atoms with van der Waals surface area (Å²) in [6.07, 6.45) is 6.85. The van der Waals surface area contributed by atoms with Crippen LogP contribution in [0.4, 0.5) is 0 Å². The summed E-state index contributed by atoms with van der Waals surface area (Å²) in [4.78, 5) is 29.7. The number of hydrogen-bond donors (Lipinski definition) is 0. The minimum atomic E-state index is -0.119. The van der Waals surface area contributed by atoms with Crippen molar-refractivity contribution in [3.05, 3.63) is 66.1 Å². The Balaban J connectivity index is 1.41. The summed E-state index contributed by atoms with van der Waals surface area (Å²) in [6.45, 7) is 3.70. The Morgan fingerprint density at radius 1 is 1.03 bits per heavy atom. The number of carbonyl (C=O) groups excluding carboxylic acids is 1. The van der Waals surface area contributed by atoms with Crippen LogP contribution < -0.4 is 4.74 Å².